The van der Waals surface area contributed by atoms with Gasteiger partial charge in [-0.3, -0.25) is 15.0 Å². The zero-order valence-corrected chi connectivity index (χ0v) is 14.6. The quantitative estimate of drug-likeness (QED) is 0.817. The number of hydrogen-bond acceptors (Lipinski definition) is 4. The summed E-state index contributed by atoms with van der Waals surface area (Å²) in [7, 11) is 0. The molecule has 2 aromatic heterocycles. The van der Waals surface area contributed by atoms with Gasteiger partial charge in [0.15, 0.2) is 5.82 Å². The molecule has 0 fully saturated rings. The lowest BCUT2D eigenvalue weighted by molar-refractivity contribution is 0.251. The third-order valence-corrected chi connectivity index (χ3v) is 4.74. The molecular weight excluding hydrogens is 310 g/mol. The van der Waals surface area contributed by atoms with E-state index < -0.39 is 0 Å². The van der Waals surface area contributed by atoms with E-state index in [2.05, 4.69) is 34.6 Å². The van der Waals surface area contributed by atoms with Crippen LogP contribution in [0.1, 0.15) is 19.4 Å². The van der Waals surface area contributed by atoms with E-state index in [4.69, 9.17) is 0 Å². The Morgan fingerprint density at radius 2 is 2.04 bits per heavy atom. The maximum absolute atomic E-state index is 11.9. The third-order valence-electron chi connectivity index (χ3n) is 3.49. The number of amides is 2. The van der Waals surface area contributed by atoms with Crippen molar-refractivity contribution in [2.45, 2.75) is 31.6 Å². The Hall–Kier alpha value is -2.02. The molecule has 2 heterocycles. The maximum Gasteiger partial charge on any atom is 0.320 e. The van der Waals surface area contributed by atoms with Crippen LogP contribution in [0.25, 0.3) is 0 Å². The van der Waals surface area contributed by atoms with E-state index in [1.165, 1.54) is 5.56 Å². The van der Waals surface area contributed by atoms with Crippen molar-refractivity contribution in [3.63, 3.8) is 0 Å². The summed E-state index contributed by atoms with van der Waals surface area (Å²) in [5.74, 6) is 0.555. The molecule has 6 nitrogen and oxygen atoms in total. The van der Waals surface area contributed by atoms with E-state index in [-0.39, 0.29) is 10.8 Å². The highest BCUT2D eigenvalue weighted by atomic mass is 32.2. The summed E-state index contributed by atoms with van der Waals surface area (Å²) >= 11 is 1.72. The lowest BCUT2D eigenvalue weighted by Crippen LogP contribution is -2.38. The van der Waals surface area contributed by atoms with Crippen molar-refractivity contribution in [3.8, 4) is 0 Å². The first kappa shape index (κ1) is 17.3. The Labute approximate surface area is 141 Å². The molecule has 0 spiro atoms. The highest BCUT2D eigenvalue weighted by molar-refractivity contribution is 7.99. The number of carbonyl (C=O) groups excluding carboxylic acids is 1. The maximum atomic E-state index is 11.9. The van der Waals surface area contributed by atoms with Crippen molar-refractivity contribution in [2.75, 3.05) is 18.1 Å². The normalized spacial score (nSPS) is 11.3. The zero-order valence-electron chi connectivity index (χ0n) is 13.7. The first-order valence-electron chi connectivity index (χ1n) is 7.51. The van der Waals surface area contributed by atoms with Gasteiger partial charge in [0, 0.05) is 42.5 Å². The second-order valence-electron chi connectivity index (χ2n) is 5.84. The molecule has 7 heteroatoms. The first-order chi connectivity index (χ1) is 11.0. The molecule has 0 aliphatic carbocycles. The molecule has 0 radical (unpaired) electrons. The van der Waals surface area contributed by atoms with Crippen LogP contribution in [0.4, 0.5) is 10.6 Å². The van der Waals surface area contributed by atoms with Crippen LogP contribution in [0.15, 0.2) is 36.8 Å². The summed E-state index contributed by atoms with van der Waals surface area (Å²) in [5, 5.41) is 9.97. The van der Waals surface area contributed by atoms with Gasteiger partial charge in [-0.2, -0.15) is 16.9 Å². The Morgan fingerprint density at radius 3 is 2.74 bits per heavy atom. The molecule has 0 atom stereocenters. The number of rotatable bonds is 7. The fraction of sp³-hybridized carbons (Fsp3) is 0.438. The number of anilines is 1. The van der Waals surface area contributed by atoms with Crippen LogP contribution < -0.4 is 10.6 Å². The second-order valence-corrected chi connectivity index (χ2v) is 7.35. The fourth-order valence-corrected chi connectivity index (χ4v) is 2.09. The summed E-state index contributed by atoms with van der Waals surface area (Å²) in [4.78, 5) is 15.9. The minimum atomic E-state index is -0.230. The number of pyridine rings is 1. The molecule has 124 valence electrons. The Kier molecular flexibility index (Phi) is 6.04. The third kappa shape index (κ3) is 5.94. The minimum absolute atomic E-state index is 0.0151. The van der Waals surface area contributed by atoms with Crippen molar-refractivity contribution in [3.05, 3.63) is 42.4 Å². The number of aromatic nitrogens is 3. The Morgan fingerprint density at radius 1 is 1.30 bits per heavy atom. The summed E-state index contributed by atoms with van der Waals surface area (Å²) < 4.78 is 1.84. The van der Waals surface area contributed by atoms with Gasteiger partial charge in [0.25, 0.3) is 0 Å². The number of thioether (sulfide) groups is 1. The molecule has 0 aromatic carbocycles. The number of nitrogens with one attached hydrogen (secondary N) is 2. The van der Waals surface area contributed by atoms with Crippen molar-refractivity contribution in [1.29, 1.82) is 0 Å². The van der Waals surface area contributed by atoms with Crippen molar-refractivity contribution < 1.29 is 4.79 Å². The highest BCUT2D eigenvalue weighted by Gasteiger charge is 2.17. The van der Waals surface area contributed by atoms with E-state index in [1.54, 1.807) is 30.2 Å². The number of carbonyl (C=O) groups is 1. The molecule has 0 aliphatic heterocycles. The fourth-order valence-electron chi connectivity index (χ4n) is 1.87. The topological polar surface area (TPSA) is 71.8 Å². The van der Waals surface area contributed by atoms with Crippen molar-refractivity contribution in [2.24, 2.45) is 0 Å². The lowest BCUT2D eigenvalue weighted by atomic mass is 10.2. The van der Waals surface area contributed by atoms with Crippen molar-refractivity contribution in [1.82, 2.24) is 20.1 Å². The molecule has 2 rings (SSSR count). The molecule has 23 heavy (non-hydrogen) atoms. The summed E-state index contributed by atoms with van der Waals surface area (Å²) in [5.41, 5.74) is 1.21. The van der Waals surface area contributed by atoms with Crippen molar-refractivity contribution >= 4 is 23.6 Å². The SMILES string of the molecule is CSC(C)(C)CNC(=O)Nc1ccn(CCc2ccncc2)n1. The molecule has 0 saturated carbocycles. The molecule has 2 aromatic rings. The van der Waals surface area contributed by atoms with Crippen LogP contribution in [0.5, 0.6) is 0 Å². The largest absolute Gasteiger partial charge is 0.336 e. The van der Waals surface area contributed by atoms with E-state index in [0.717, 1.165) is 13.0 Å². The average Bonchev–Trinajstić information content (AvgIpc) is 2.99. The summed E-state index contributed by atoms with van der Waals surface area (Å²) in [6.07, 6.45) is 8.34. The van der Waals surface area contributed by atoms with Gasteiger partial charge < -0.3 is 5.32 Å². The van der Waals surface area contributed by atoms with Gasteiger partial charge in [0.05, 0.1) is 0 Å². The van der Waals surface area contributed by atoms with Gasteiger partial charge in [-0.1, -0.05) is 0 Å². The first-order valence-corrected chi connectivity index (χ1v) is 8.73. The Bertz CT molecular complexity index is 626. The van der Waals surface area contributed by atoms with Crippen LogP contribution in [0, 0.1) is 0 Å². The number of aryl methyl sites for hydroxylation is 2. The van der Waals surface area contributed by atoms with Gasteiger partial charge >= 0.3 is 6.03 Å². The second kappa shape index (κ2) is 8.01. The van der Waals surface area contributed by atoms with E-state index >= 15 is 0 Å². The summed E-state index contributed by atoms with van der Waals surface area (Å²) in [6.45, 7) is 5.53. The number of urea groups is 1. The minimum Gasteiger partial charge on any atom is -0.336 e. The van der Waals surface area contributed by atoms with Crippen LogP contribution in [-0.2, 0) is 13.0 Å². The molecular formula is C16H23N5OS. The monoisotopic (exact) mass is 333 g/mol. The van der Waals surface area contributed by atoms with E-state index in [0.29, 0.717) is 12.4 Å². The molecule has 0 saturated heterocycles. The average molecular weight is 333 g/mol. The van der Waals surface area contributed by atoms with Crippen LogP contribution in [0.2, 0.25) is 0 Å². The highest BCUT2D eigenvalue weighted by Crippen LogP contribution is 2.19. The molecule has 0 aliphatic rings. The van der Waals surface area contributed by atoms with Gasteiger partial charge in [-0.25, -0.2) is 4.79 Å². The molecule has 2 amide bonds. The van der Waals surface area contributed by atoms with Gasteiger partial charge in [0.1, 0.15) is 0 Å². The van der Waals surface area contributed by atoms with Gasteiger partial charge in [0.2, 0.25) is 0 Å². The standard InChI is InChI=1S/C16H23N5OS/c1-16(2,23-3)12-18-15(22)19-14-7-11-21(20-14)10-6-13-4-8-17-9-5-13/h4-5,7-9,11H,6,10,12H2,1-3H3,(H2,18,19,20,22). The van der Waals surface area contributed by atoms with Crippen LogP contribution in [-0.4, -0.2) is 38.3 Å². The molecule has 0 unspecified atom stereocenters. The summed E-state index contributed by atoms with van der Waals surface area (Å²) in [6, 6.07) is 5.55. The molecule has 0 bridgehead atoms. The smallest absolute Gasteiger partial charge is 0.320 e. The van der Waals surface area contributed by atoms with Gasteiger partial charge in [-0.05, 0) is 44.2 Å². The number of hydrogen-bond donors (Lipinski definition) is 2. The predicted molar refractivity (Wildman–Crippen MR) is 94.8 cm³/mol. The van der Waals surface area contributed by atoms with Gasteiger partial charge in [-0.15, -0.1) is 0 Å². The van der Waals surface area contributed by atoms with E-state index in [1.807, 2.05) is 29.3 Å². The Balaban J connectivity index is 1.79. The lowest BCUT2D eigenvalue weighted by Gasteiger charge is -2.22. The van der Waals surface area contributed by atoms with Crippen LogP contribution in [0.3, 0.4) is 0 Å². The molecule has 2 N–H and O–H groups in total. The van der Waals surface area contributed by atoms with Crippen LogP contribution >= 0.6 is 11.8 Å². The van der Waals surface area contributed by atoms with E-state index in [9.17, 15) is 4.79 Å². The number of nitrogens with zero attached hydrogens (tertiary/aromatic N) is 3. The predicted octanol–water partition coefficient (Wildman–Crippen LogP) is 2.78. The zero-order chi connectivity index (χ0) is 16.7.